The highest BCUT2D eigenvalue weighted by Crippen LogP contribution is 2.58. The number of ether oxygens (including phenoxy) is 2. The third-order valence-corrected chi connectivity index (χ3v) is 8.77. The van der Waals surface area contributed by atoms with Gasteiger partial charge in [0.05, 0.1) is 17.2 Å². The number of esters is 1. The van der Waals surface area contributed by atoms with Gasteiger partial charge in [-0.25, -0.2) is 0 Å². The zero-order valence-corrected chi connectivity index (χ0v) is 22.3. The fourth-order valence-electron chi connectivity index (χ4n) is 5.40. The lowest BCUT2D eigenvalue weighted by Gasteiger charge is -2.40. The molecule has 2 aliphatic heterocycles. The SMILES string of the molecule is O=C1CC(c2ccc(O)c(O)c2)c2c(cc(O)c3c2OC(c2ccc(O)c(O)c2)C(O)C3SCc2ccccc2)O1. The van der Waals surface area contributed by atoms with Gasteiger partial charge in [-0.2, -0.15) is 0 Å². The van der Waals surface area contributed by atoms with Crippen LogP contribution < -0.4 is 9.47 Å². The van der Waals surface area contributed by atoms with Gasteiger partial charge in [-0.15, -0.1) is 11.8 Å². The predicted octanol–water partition coefficient (Wildman–Crippen LogP) is 5.12. The molecule has 0 fully saturated rings. The van der Waals surface area contributed by atoms with Crippen LogP contribution in [0.2, 0.25) is 0 Å². The van der Waals surface area contributed by atoms with Gasteiger partial charge in [0.1, 0.15) is 23.4 Å². The lowest BCUT2D eigenvalue weighted by atomic mass is 9.82. The zero-order valence-electron chi connectivity index (χ0n) is 21.5. The van der Waals surface area contributed by atoms with Gasteiger partial charge in [0.25, 0.3) is 0 Å². The molecule has 9 nitrogen and oxygen atoms in total. The van der Waals surface area contributed by atoms with Crippen LogP contribution in [0.3, 0.4) is 0 Å². The highest BCUT2D eigenvalue weighted by atomic mass is 32.2. The summed E-state index contributed by atoms with van der Waals surface area (Å²) in [6, 6.07) is 19.3. The average Bonchev–Trinajstić information content (AvgIpc) is 2.95. The lowest BCUT2D eigenvalue weighted by Crippen LogP contribution is -2.35. The van der Waals surface area contributed by atoms with Crippen LogP contribution in [0.4, 0.5) is 0 Å². The van der Waals surface area contributed by atoms with Crippen molar-refractivity contribution in [3.63, 3.8) is 0 Å². The first kappa shape index (κ1) is 26.7. The van der Waals surface area contributed by atoms with Crippen LogP contribution in [0.1, 0.15) is 51.5 Å². The average molecular weight is 575 g/mol. The summed E-state index contributed by atoms with van der Waals surface area (Å²) in [7, 11) is 0. The van der Waals surface area contributed by atoms with E-state index in [-0.39, 0.29) is 46.7 Å². The summed E-state index contributed by atoms with van der Waals surface area (Å²) in [5, 5.41) is 62.3. The maximum absolute atomic E-state index is 12.6. The Bertz CT molecular complexity index is 1640. The van der Waals surface area contributed by atoms with E-state index in [0.29, 0.717) is 28.0 Å². The molecule has 6 N–H and O–H groups in total. The van der Waals surface area contributed by atoms with Crippen LogP contribution in [0, 0.1) is 0 Å². The van der Waals surface area contributed by atoms with Crippen molar-refractivity contribution >= 4 is 17.7 Å². The first-order chi connectivity index (χ1) is 19.7. The van der Waals surface area contributed by atoms with E-state index < -0.39 is 29.3 Å². The topological polar surface area (TPSA) is 157 Å². The summed E-state index contributed by atoms with van der Waals surface area (Å²) in [6.45, 7) is 0. The Morgan fingerprint density at radius 2 is 1.41 bits per heavy atom. The van der Waals surface area contributed by atoms with E-state index >= 15 is 0 Å². The molecule has 0 aliphatic carbocycles. The van der Waals surface area contributed by atoms with E-state index in [2.05, 4.69) is 0 Å². The molecule has 10 heteroatoms. The van der Waals surface area contributed by atoms with Gasteiger partial charge in [0.2, 0.25) is 0 Å². The largest absolute Gasteiger partial charge is 0.507 e. The molecule has 0 radical (unpaired) electrons. The Kier molecular flexibility index (Phi) is 6.80. The molecule has 4 atom stereocenters. The third kappa shape index (κ3) is 4.85. The van der Waals surface area contributed by atoms with Crippen LogP contribution in [0.5, 0.6) is 40.2 Å². The maximum Gasteiger partial charge on any atom is 0.312 e. The molecular weight excluding hydrogens is 548 g/mol. The van der Waals surface area contributed by atoms with Crippen molar-refractivity contribution in [3.05, 3.63) is 101 Å². The van der Waals surface area contributed by atoms with Crippen molar-refractivity contribution in [2.75, 3.05) is 0 Å². The number of aromatic hydroxyl groups is 5. The number of fused-ring (bicyclic) bond motifs is 3. The number of benzene rings is 4. The highest BCUT2D eigenvalue weighted by Gasteiger charge is 2.45. The minimum Gasteiger partial charge on any atom is -0.507 e. The molecule has 2 heterocycles. The minimum atomic E-state index is -1.19. The molecule has 0 spiro atoms. The molecular formula is C31H26O9S. The van der Waals surface area contributed by atoms with Crippen molar-refractivity contribution in [2.24, 2.45) is 0 Å². The van der Waals surface area contributed by atoms with Gasteiger partial charge in [-0.3, -0.25) is 4.79 Å². The zero-order chi connectivity index (χ0) is 28.8. The summed E-state index contributed by atoms with van der Waals surface area (Å²) < 4.78 is 11.9. The highest BCUT2D eigenvalue weighted by molar-refractivity contribution is 7.98. The summed E-state index contributed by atoms with van der Waals surface area (Å²) >= 11 is 1.39. The summed E-state index contributed by atoms with van der Waals surface area (Å²) in [5.41, 5.74) is 2.65. The number of rotatable bonds is 5. The van der Waals surface area contributed by atoms with Crippen LogP contribution in [0.15, 0.2) is 72.8 Å². The number of carbonyl (C=O) groups excluding carboxylic acids is 1. The molecule has 0 saturated carbocycles. The number of aliphatic hydroxyl groups excluding tert-OH is 1. The Labute approximate surface area is 238 Å². The van der Waals surface area contributed by atoms with E-state index in [1.165, 1.54) is 48.2 Å². The molecule has 4 unspecified atom stereocenters. The van der Waals surface area contributed by atoms with Gasteiger partial charge in [0, 0.05) is 23.3 Å². The summed E-state index contributed by atoms with van der Waals surface area (Å²) in [6.07, 6.45) is -2.32. The predicted molar refractivity (Wildman–Crippen MR) is 150 cm³/mol. The van der Waals surface area contributed by atoms with Crippen molar-refractivity contribution in [2.45, 2.75) is 35.5 Å². The standard InChI is InChI=1S/C31H26O9S/c32-19-8-6-16(10-21(19)34)18-12-25(37)39-24-13-23(36)27-30(26(18)24)40-29(17-7-9-20(33)22(35)11-17)28(38)31(27)41-14-15-4-2-1-3-5-15/h1-11,13,18,28-29,31-36,38H,12,14H2. The molecule has 0 amide bonds. The molecule has 41 heavy (non-hydrogen) atoms. The molecule has 2 aliphatic rings. The number of carbonyl (C=O) groups is 1. The van der Waals surface area contributed by atoms with Gasteiger partial charge < -0.3 is 40.1 Å². The van der Waals surface area contributed by atoms with E-state index in [4.69, 9.17) is 9.47 Å². The van der Waals surface area contributed by atoms with E-state index in [0.717, 1.165) is 5.56 Å². The number of thioether (sulfide) groups is 1. The van der Waals surface area contributed by atoms with Crippen LogP contribution in [0.25, 0.3) is 0 Å². The Balaban J connectivity index is 1.52. The first-order valence-electron chi connectivity index (χ1n) is 12.9. The molecule has 4 aromatic rings. The molecule has 210 valence electrons. The fraction of sp³-hybridized carbons (Fsp3) is 0.194. The van der Waals surface area contributed by atoms with Gasteiger partial charge in [-0.1, -0.05) is 42.5 Å². The second-order valence-electron chi connectivity index (χ2n) is 10.0. The molecule has 0 aromatic heterocycles. The van der Waals surface area contributed by atoms with Crippen LogP contribution in [-0.4, -0.2) is 42.7 Å². The van der Waals surface area contributed by atoms with E-state index in [9.17, 15) is 35.4 Å². The van der Waals surface area contributed by atoms with E-state index in [1.54, 1.807) is 6.07 Å². The van der Waals surface area contributed by atoms with Crippen LogP contribution in [-0.2, 0) is 10.5 Å². The smallest absolute Gasteiger partial charge is 0.312 e. The number of aliphatic hydroxyl groups is 1. The quantitative estimate of drug-likeness (QED) is 0.107. The normalized spacial score (nSPS) is 21.3. The number of hydrogen-bond donors (Lipinski definition) is 6. The number of phenols is 5. The van der Waals surface area contributed by atoms with Crippen molar-refractivity contribution < 1.29 is 44.9 Å². The molecule has 0 bridgehead atoms. The van der Waals surface area contributed by atoms with Crippen molar-refractivity contribution in [1.29, 1.82) is 0 Å². The Morgan fingerprint density at radius 3 is 2.10 bits per heavy atom. The monoisotopic (exact) mass is 574 g/mol. The molecule has 6 rings (SSSR count). The van der Waals surface area contributed by atoms with Gasteiger partial charge in [-0.05, 0) is 41.0 Å². The second kappa shape index (κ2) is 10.5. The van der Waals surface area contributed by atoms with Crippen LogP contribution >= 0.6 is 11.8 Å². The molecule has 4 aromatic carbocycles. The summed E-state index contributed by atoms with van der Waals surface area (Å²) in [4.78, 5) is 12.6. The fourth-order valence-corrected chi connectivity index (χ4v) is 6.69. The van der Waals surface area contributed by atoms with E-state index in [1.807, 2.05) is 30.3 Å². The van der Waals surface area contributed by atoms with Crippen molar-refractivity contribution in [1.82, 2.24) is 0 Å². The Hall–Kier alpha value is -4.54. The second-order valence-corrected chi connectivity index (χ2v) is 11.2. The Morgan fingerprint density at radius 1 is 0.756 bits per heavy atom. The number of hydrogen-bond acceptors (Lipinski definition) is 10. The maximum atomic E-state index is 12.6. The summed E-state index contributed by atoms with van der Waals surface area (Å²) in [5.74, 6) is -2.07. The third-order valence-electron chi connectivity index (χ3n) is 7.39. The minimum absolute atomic E-state index is 0.0746. The van der Waals surface area contributed by atoms with Gasteiger partial charge >= 0.3 is 5.97 Å². The first-order valence-corrected chi connectivity index (χ1v) is 13.9. The molecule has 0 saturated heterocycles. The van der Waals surface area contributed by atoms with Crippen molar-refractivity contribution in [3.8, 4) is 40.2 Å². The number of phenolic OH excluding ortho intramolecular Hbond substituents is 5. The lowest BCUT2D eigenvalue weighted by molar-refractivity contribution is -0.135. The van der Waals surface area contributed by atoms with Gasteiger partial charge in [0.15, 0.2) is 29.1 Å².